The number of hydrogen-bond donors (Lipinski definition) is 0. The Bertz CT molecular complexity index is 443. The Morgan fingerprint density at radius 1 is 1.32 bits per heavy atom. The van der Waals surface area contributed by atoms with Crippen molar-refractivity contribution in [3.05, 3.63) is 23.8 Å². The van der Waals surface area contributed by atoms with Crippen LogP contribution in [0.1, 0.15) is 25.3 Å². The molecule has 0 aromatic carbocycles. The minimum absolute atomic E-state index is 0.369. The second kappa shape index (κ2) is 8.13. The molecule has 1 aromatic heterocycles. The molecule has 0 amide bonds. The van der Waals surface area contributed by atoms with E-state index in [-0.39, 0.29) is 5.97 Å². The van der Waals surface area contributed by atoms with Gasteiger partial charge in [0.1, 0.15) is 0 Å². The first-order valence-corrected chi connectivity index (χ1v) is 6.15. The lowest BCUT2D eigenvalue weighted by molar-refractivity contribution is -0.137. The topological polar surface area (TPSA) is 57.7 Å². The summed E-state index contributed by atoms with van der Waals surface area (Å²) < 4.78 is 15.1. The number of methoxy groups -OCH3 is 2. The summed E-state index contributed by atoms with van der Waals surface area (Å²) in [5.74, 6) is 0.489. The molecular formula is C14H19NO4. The standard InChI is InChI=1S/C14H19NO4/c1-4-5-10-19-13(16)9-7-11-6-8-12(17-2)15-14(11)18-3/h6-9H,4-5,10H2,1-3H3/b9-7+. The van der Waals surface area contributed by atoms with Crippen LogP contribution in [0.5, 0.6) is 11.8 Å². The Morgan fingerprint density at radius 2 is 2.11 bits per heavy atom. The van der Waals surface area contributed by atoms with Crippen LogP contribution in [0.4, 0.5) is 0 Å². The molecule has 0 N–H and O–H groups in total. The van der Waals surface area contributed by atoms with Gasteiger partial charge in [-0.2, -0.15) is 4.98 Å². The zero-order valence-electron chi connectivity index (χ0n) is 11.5. The van der Waals surface area contributed by atoms with Crippen molar-refractivity contribution >= 4 is 12.0 Å². The summed E-state index contributed by atoms with van der Waals surface area (Å²) in [7, 11) is 3.04. The molecule has 0 aliphatic heterocycles. The van der Waals surface area contributed by atoms with Gasteiger partial charge in [-0.3, -0.25) is 0 Å². The first-order chi connectivity index (χ1) is 9.21. The van der Waals surface area contributed by atoms with E-state index in [4.69, 9.17) is 14.2 Å². The lowest BCUT2D eigenvalue weighted by Gasteiger charge is -2.05. The summed E-state index contributed by atoms with van der Waals surface area (Å²) in [6, 6.07) is 3.46. The Morgan fingerprint density at radius 3 is 2.74 bits per heavy atom. The summed E-state index contributed by atoms with van der Waals surface area (Å²) in [5, 5.41) is 0. The Labute approximate surface area is 113 Å². The maximum atomic E-state index is 11.4. The fourth-order valence-corrected chi connectivity index (χ4v) is 1.36. The van der Waals surface area contributed by atoms with E-state index in [1.807, 2.05) is 6.92 Å². The van der Waals surface area contributed by atoms with Gasteiger partial charge in [0, 0.05) is 17.7 Å². The van der Waals surface area contributed by atoms with Gasteiger partial charge >= 0.3 is 5.97 Å². The molecule has 0 radical (unpaired) electrons. The van der Waals surface area contributed by atoms with Gasteiger partial charge in [0.25, 0.3) is 0 Å². The van der Waals surface area contributed by atoms with Crippen molar-refractivity contribution in [1.29, 1.82) is 0 Å². The lowest BCUT2D eigenvalue weighted by atomic mass is 10.2. The number of aromatic nitrogens is 1. The van der Waals surface area contributed by atoms with Crippen molar-refractivity contribution in [2.24, 2.45) is 0 Å². The lowest BCUT2D eigenvalue weighted by Crippen LogP contribution is -2.02. The Hall–Kier alpha value is -2.04. The van der Waals surface area contributed by atoms with Crippen molar-refractivity contribution in [1.82, 2.24) is 4.98 Å². The van der Waals surface area contributed by atoms with Crippen LogP contribution in [0.3, 0.4) is 0 Å². The van der Waals surface area contributed by atoms with Crippen LogP contribution in [-0.4, -0.2) is 31.8 Å². The van der Waals surface area contributed by atoms with Gasteiger partial charge in [-0.25, -0.2) is 4.79 Å². The third-order valence-electron chi connectivity index (χ3n) is 2.41. The zero-order chi connectivity index (χ0) is 14.1. The number of hydrogen-bond acceptors (Lipinski definition) is 5. The second-order valence-electron chi connectivity index (χ2n) is 3.81. The van der Waals surface area contributed by atoms with Gasteiger partial charge in [0.15, 0.2) is 0 Å². The fourth-order valence-electron chi connectivity index (χ4n) is 1.36. The van der Waals surface area contributed by atoms with Gasteiger partial charge in [-0.05, 0) is 18.6 Å². The Balaban J connectivity index is 2.67. The molecule has 0 aliphatic carbocycles. The highest BCUT2D eigenvalue weighted by Crippen LogP contribution is 2.20. The summed E-state index contributed by atoms with van der Waals surface area (Å²) in [6.07, 6.45) is 4.83. The second-order valence-corrected chi connectivity index (χ2v) is 3.81. The molecule has 0 saturated carbocycles. The number of unbranched alkanes of at least 4 members (excludes halogenated alkanes) is 1. The Kier molecular flexibility index (Phi) is 6.43. The third-order valence-corrected chi connectivity index (χ3v) is 2.41. The van der Waals surface area contributed by atoms with Crippen LogP contribution in [0.25, 0.3) is 6.08 Å². The van der Waals surface area contributed by atoms with Crippen LogP contribution in [-0.2, 0) is 9.53 Å². The molecule has 5 heteroatoms. The first kappa shape index (κ1) is 15.0. The molecule has 0 bridgehead atoms. The summed E-state index contributed by atoms with van der Waals surface area (Å²) in [4.78, 5) is 15.5. The van der Waals surface area contributed by atoms with Crippen LogP contribution >= 0.6 is 0 Å². The maximum absolute atomic E-state index is 11.4. The minimum atomic E-state index is -0.369. The number of ether oxygens (including phenoxy) is 3. The number of carbonyl (C=O) groups excluding carboxylic acids is 1. The molecule has 0 spiro atoms. The monoisotopic (exact) mass is 265 g/mol. The molecule has 5 nitrogen and oxygen atoms in total. The molecule has 1 rings (SSSR count). The number of nitrogens with zero attached hydrogens (tertiary/aromatic N) is 1. The predicted octanol–water partition coefficient (Wildman–Crippen LogP) is 2.46. The normalized spacial score (nSPS) is 10.5. The molecule has 104 valence electrons. The van der Waals surface area contributed by atoms with E-state index in [1.54, 1.807) is 18.2 Å². The van der Waals surface area contributed by atoms with E-state index in [0.717, 1.165) is 12.8 Å². The smallest absolute Gasteiger partial charge is 0.330 e. The van der Waals surface area contributed by atoms with Gasteiger partial charge < -0.3 is 14.2 Å². The third kappa shape index (κ3) is 4.99. The van der Waals surface area contributed by atoms with Crippen LogP contribution in [0, 0.1) is 0 Å². The van der Waals surface area contributed by atoms with Crippen LogP contribution in [0.15, 0.2) is 18.2 Å². The molecular weight excluding hydrogens is 246 g/mol. The molecule has 19 heavy (non-hydrogen) atoms. The quantitative estimate of drug-likeness (QED) is 0.430. The van der Waals surface area contributed by atoms with E-state index in [2.05, 4.69) is 4.98 Å². The number of esters is 1. The summed E-state index contributed by atoms with van der Waals surface area (Å²) >= 11 is 0. The molecule has 1 heterocycles. The van der Waals surface area contributed by atoms with E-state index < -0.39 is 0 Å². The van der Waals surface area contributed by atoms with Crippen LogP contribution < -0.4 is 9.47 Å². The molecule has 0 fully saturated rings. The van der Waals surface area contributed by atoms with E-state index in [1.165, 1.54) is 20.3 Å². The maximum Gasteiger partial charge on any atom is 0.330 e. The summed E-state index contributed by atoms with van der Waals surface area (Å²) in [5.41, 5.74) is 0.691. The van der Waals surface area contributed by atoms with Gasteiger partial charge in [0.2, 0.25) is 11.8 Å². The summed E-state index contributed by atoms with van der Waals surface area (Å²) in [6.45, 7) is 2.48. The minimum Gasteiger partial charge on any atom is -0.481 e. The molecule has 1 aromatic rings. The SMILES string of the molecule is CCCCOC(=O)/C=C/c1ccc(OC)nc1OC. The van der Waals surface area contributed by atoms with Crippen LogP contribution in [0.2, 0.25) is 0 Å². The number of pyridine rings is 1. The largest absolute Gasteiger partial charge is 0.481 e. The van der Waals surface area contributed by atoms with Gasteiger partial charge in [0.05, 0.1) is 20.8 Å². The predicted molar refractivity (Wildman–Crippen MR) is 72.2 cm³/mol. The fraction of sp³-hybridized carbons (Fsp3) is 0.429. The van der Waals surface area contributed by atoms with E-state index >= 15 is 0 Å². The molecule has 0 unspecified atom stereocenters. The molecule has 0 saturated heterocycles. The average Bonchev–Trinajstić information content (AvgIpc) is 2.45. The highest BCUT2D eigenvalue weighted by molar-refractivity contribution is 5.87. The first-order valence-electron chi connectivity index (χ1n) is 6.15. The highest BCUT2D eigenvalue weighted by atomic mass is 16.5. The van der Waals surface area contributed by atoms with Crippen molar-refractivity contribution in [2.45, 2.75) is 19.8 Å². The van der Waals surface area contributed by atoms with Crippen molar-refractivity contribution in [3.63, 3.8) is 0 Å². The zero-order valence-corrected chi connectivity index (χ0v) is 11.5. The average molecular weight is 265 g/mol. The molecule has 0 aliphatic rings. The highest BCUT2D eigenvalue weighted by Gasteiger charge is 2.04. The van der Waals surface area contributed by atoms with Crippen molar-refractivity contribution < 1.29 is 19.0 Å². The van der Waals surface area contributed by atoms with E-state index in [9.17, 15) is 4.79 Å². The van der Waals surface area contributed by atoms with Crippen molar-refractivity contribution in [2.75, 3.05) is 20.8 Å². The number of rotatable bonds is 7. The number of carbonyl (C=O) groups is 1. The van der Waals surface area contributed by atoms with E-state index in [0.29, 0.717) is 23.9 Å². The molecule has 0 atom stereocenters. The van der Waals surface area contributed by atoms with Crippen molar-refractivity contribution in [3.8, 4) is 11.8 Å². The van der Waals surface area contributed by atoms with Gasteiger partial charge in [-0.15, -0.1) is 0 Å². The van der Waals surface area contributed by atoms with Gasteiger partial charge in [-0.1, -0.05) is 13.3 Å².